The van der Waals surface area contributed by atoms with Crippen LogP contribution in [0, 0.1) is 0 Å². The number of ether oxygens (including phenoxy) is 1. The summed E-state index contributed by atoms with van der Waals surface area (Å²) in [5.41, 5.74) is 5.02. The lowest BCUT2D eigenvalue weighted by molar-refractivity contribution is -0.137. The number of nitrogens with one attached hydrogen (secondary N) is 2. The molecular weight excluding hydrogens is 294 g/mol. The van der Waals surface area contributed by atoms with Gasteiger partial charge in [0.15, 0.2) is 6.04 Å². The first-order valence-electron chi connectivity index (χ1n) is 6.81. The Balaban J connectivity index is 2.72. The van der Waals surface area contributed by atoms with Crippen molar-refractivity contribution in [2.75, 3.05) is 6.61 Å². The number of rotatable bonds is 7. The zero-order valence-electron chi connectivity index (χ0n) is 12.2. The van der Waals surface area contributed by atoms with Gasteiger partial charge in [0.25, 0.3) is 0 Å². The summed E-state index contributed by atoms with van der Waals surface area (Å²) in [6.45, 7) is 4.88. The Bertz CT molecular complexity index is 445. The fourth-order valence-corrected chi connectivity index (χ4v) is 1.99. The van der Waals surface area contributed by atoms with E-state index in [0.717, 1.165) is 6.42 Å². The van der Waals surface area contributed by atoms with Gasteiger partial charge in [-0.25, -0.2) is 0 Å². The highest BCUT2D eigenvalue weighted by atomic mass is 16.5. The minimum Gasteiger partial charge on any atom is -0.510 e. The summed E-state index contributed by atoms with van der Waals surface area (Å²) in [6.07, 6.45) is -0.644. The number of carbonyl (C=O) groups excluding carboxylic acids is 3. The molecule has 6 N–H and O–H groups in total. The molecule has 1 saturated heterocycles. The third-order valence-electron chi connectivity index (χ3n) is 3.19. The van der Waals surface area contributed by atoms with Crippen LogP contribution in [-0.2, 0) is 19.1 Å². The maximum absolute atomic E-state index is 12.1. The maximum Gasteiger partial charge on any atom is 0.249 e. The normalized spacial score (nSPS) is 21.5. The van der Waals surface area contributed by atoms with Crippen molar-refractivity contribution in [1.29, 1.82) is 0 Å². The van der Waals surface area contributed by atoms with Crippen molar-refractivity contribution in [2.24, 2.45) is 5.73 Å². The molecule has 4 atom stereocenters. The van der Waals surface area contributed by atoms with Gasteiger partial charge in [-0.15, -0.1) is 0 Å². The van der Waals surface area contributed by atoms with Gasteiger partial charge in [0.2, 0.25) is 17.7 Å². The number of aliphatic hydroxyl groups excluding tert-OH is 2. The molecule has 9 nitrogen and oxygen atoms in total. The minimum atomic E-state index is -1.51. The molecule has 9 heteroatoms. The van der Waals surface area contributed by atoms with Crippen LogP contribution in [0.25, 0.3) is 0 Å². The van der Waals surface area contributed by atoms with Crippen LogP contribution >= 0.6 is 0 Å². The number of amides is 3. The molecule has 0 saturated carbocycles. The first-order valence-corrected chi connectivity index (χ1v) is 6.81. The molecule has 0 aromatic rings. The molecule has 1 heterocycles. The summed E-state index contributed by atoms with van der Waals surface area (Å²) in [5.74, 6) is -3.07. The molecule has 124 valence electrons. The molecule has 0 aromatic heterocycles. The van der Waals surface area contributed by atoms with Crippen LogP contribution in [0.4, 0.5) is 0 Å². The van der Waals surface area contributed by atoms with E-state index in [1.54, 1.807) is 0 Å². The number of hydrogen-bond donors (Lipinski definition) is 5. The number of nitrogens with two attached hydrogens (primary N) is 1. The van der Waals surface area contributed by atoms with Crippen molar-refractivity contribution in [3.05, 3.63) is 12.3 Å². The Labute approximate surface area is 127 Å². The molecule has 2 unspecified atom stereocenters. The van der Waals surface area contributed by atoms with Crippen LogP contribution in [0.5, 0.6) is 0 Å². The summed E-state index contributed by atoms with van der Waals surface area (Å²) in [5, 5.41) is 23.3. The molecular formula is C13H21N3O6. The topological polar surface area (TPSA) is 151 Å². The zero-order valence-corrected chi connectivity index (χ0v) is 12.2. The fraction of sp³-hybridized carbons (Fsp3) is 0.615. The van der Waals surface area contributed by atoms with E-state index in [9.17, 15) is 24.6 Å². The van der Waals surface area contributed by atoms with Gasteiger partial charge >= 0.3 is 0 Å². The van der Waals surface area contributed by atoms with Crippen molar-refractivity contribution >= 4 is 17.7 Å². The average molecular weight is 315 g/mol. The monoisotopic (exact) mass is 315 g/mol. The third kappa shape index (κ3) is 4.71. The summed E-state index contributed by atoms with van der Waals surface area (Å²) >= 11 is 0. The molecule has 0 spiro atoms. The quantitative estimate of drug-likeness (QED) is 0.345. The first-order chi connectivity index (χ1) is 10.2. The molecule has 3 amide bonds. The number of aliphatic hydroxyl groups is 2. The summed E-state index contributed by atoms with van der Waals surface area (Å²) in [4.78, 5) is 35.1. The second-order valence-corrected chi connectivity index (χ2v) is 5.06. The highest BCUT2D eigenvalue weighted by molar-refractivity contribution is 5.93. The molecule has 1 fully saturated rings. The maximum atomic E-state index is 12.1. The molecule has 0 aliphatic carbocycles. The standard InChI is InChI=1S/C13H21N3O6/c1-6(17)9(11(14)19)15-13(21)10(7(2)18)16-12(20)8-4-3-5-22-8/h7-10,17-18H,1,3-5H2,2H3,(H2,14,19)(H,15,21)(H,16,20)/t7-,8?,9-,10?/m1/s1. The molecule has 0 bridgehead atoms. The van der Waals surface area contributed by atoms with Gasteiger partial charge in [-0.05, 0) is 19.8 Å². The van der Waals surface area contributed by atoms with Crippen LogP contribution in [0.1, 0.15) is 19.8 Å². The van der Waals surface area contributed by atoms with Gasteiger partial charge in [0.05, 0.1) is 6.10 Å². The van der Waals surface area contributed by atoms with Gasteiger partial charge in [-0.3, -0.25) is 14.4 Å². The molecule has 22 heavy (non-hydrogen) atoms. The van der Waals surface area contributed by atoms with E-state index in [-0.39, 0.29) is 0 Å². The Hall–Kier alpha value is -2.13. The number of hydrogen-bond acceptors (Lipinski definition) is 6. The number of primary amides is 1. The van der Waals surface area contributed by atoms with Crippen LogP contribution in [0.15, 0.2) is 12.3 Å². The molecule has 1 rings (SSSR count). The zero-order chi connectivity index (χ0) is 16.9. The van der Waals surface area contributed by atoms with E-state index in [1.165, 1.54) is 6.92 Å². The first kappa shape index (κ1) is 17.9. The van der Waals surface area contributed by atoms with Crippen LogP contribution in [0.2, 0.25) is 0 Å². The van der Waals surface area contributed by atoms with E-state index >= 15 is 0 Å². The predicted molar refractivity (Wildman–Crippen MR) is 75.5 cm³/mol. The Kier molecular flexibility index (Phi) is 6.32. The predicted octanol–water partition coefficient (Wildman–Crippen LogP) is -1.93. The molecule has 0 aromatic carbocycles. The van der Waals surface area contributed by atoms with Crippen LogP contribution in [0.3, 0.4) is 0 Å². The van der Waals surface area contributed by atoms with Crippen LogP contribution in [-0.4, -0.2) is 58.8 Å². The van der Waals surface area contributed by atoms with Crippen molar-refractivity contribution in [3.63, 3.8) is 0 Å². The Morgan fingerprint density at radius 2 is 2.00 bits per heavy atom. The average Bonchev–Trinajstić information content (AvgIpc) is 2.94. The SMILES string of the molecule is C=C(O)[C@@H](NC(=O)C(NC(=O)C1CCCO1)[C@@H](C)O)C(N)=O. The fourth-order valence-electron chi connectivity index (χ4n) is 1.99. The lowest BCUT2D eigenvalue weighted by atomic mass is 10.1. The third-order valence-corrected chi connectivity index (χ3v) is 3.19. The van der Waals surface area contributed by atoms with Gasteiger partial charge < -0.3 is 31.3 Å². The van der Waals surface area contributed by atoms with E-state index < -0.39 is 47.8 Å². The summed E-state index contributed by atoms with van der Waals surface area (Å²) in [6, 6.07) is -2.83. The largest absolute Gasteiger partial charge is 0.510 e. The highest BCUT2D eigenvalue weighted by Gasteiger charge is 2.33. The highest BCUT2D eigenvalue weighted by Crippen LogP contribution is 2.12. The van der Waals surface area contributed by atoms with Gasteiger partial charge in [-0.2, -0.15) is 0 Å². The van der Waals surface area contributed by atoms with Gasteiger partial charge in [-0.1, -0.05) is 6.58 Å². The smallest absolute Gasteiger partial charge is 0.249 e. The van der Waals surface area contributed by atoms with Crippen molar-refractivity contribution < 1.29 is 29.3 Å². The number of carbonyl (C=O) groups is 3. The van der Waals surface area contributed by atoms with Gasteiger partial charge in [0, 0.05) is 6.61 Å². The second-order valence-electron chi connectivity index (χ2n) is 5.06. The molecule has 1 aliphatic rings. The van der Waals surface area contributed by atoms with E-state index in [0.29, 0.717) is 13.0 Å². The lowest BCUT2D eigenvalue weighted by Gasteiger charge is -2.24. The van der Waals surface area contributed by atoms with Crippen molar-refractivity contribution in [2.45, 2.75) is 44.1 Å². The summed E-state index contributed by atoms with van der Waals surface area (Å²) in [7, 11) is 0. The Morgan fingerprint density at radius 3 is 2.41 bits per heavy atom. The van der Waals surface area contributed by atoms with Gasteiger partial charge in [0.1, 0.15) is 17.9 Å². The lowest BCUT2D eigenvalue weighted by Crippen LogP contribution is -2.58. The van der Waals surface area contributed by atoms with Crippen LogP contribution < -0.4 is 16.4 Å². The van der Waals surface area contributed by atoms with E-state index in [1.807, 2.05) is 0 Å². The van der Waals surface area contributed by atoms with E-state index in [2.05, 4.69) is 17.2 Å². The summed E-state index contributed by atoms with van der Waals surface area (Å²) < 4.78 is 5.18. The molecule has 0 radical (unpaired) electrons. The van der Waals surface area contributed by atoms with Crippen molar-refractivity contribution in [1.82, 2.24) is 10.6 Å². The molecule has 1 aliphatic heterocycles. The van der Waals surface area contributed by atoms with Crippen molar-refractivity contribution in [3.8, 4) is 0 Å². The Morgan fingerprint density at radius 1 is 1.36 bits per heavy atom. The second kappa shape index (κ2) is 7.76. The van der Waals surface area contributed by atoms with E-state index in [4.69, 9.17) is 10.5 Å². The minimum absolute atomic E-state index is 0.456.